The van der Waals surface area contributed by atoms with Crippen LogP contribution < -0.4 is 4.74 Å². The molecule has 0 aromatic heterocycles. The third-order valence-corrected chi connectivity index (χ3v) is 2.98. The van der Waals surface area contributed by atoms with E-state index in [1.807, 2.05) is 42.5 Å². The van der Waals surface area contributed by atoms with Crippen LogP contribution in [0.2, 0.25) is 0 Å². The molecule has 0 bridgehead atoms. The number of nitrogens with zero attached hydrogens (tertiary/aromatic N) is 1. The summed E-state index contributed by atoms with van der Waals surface area (Å²) in [6.07, 6.45) is 0. The summed E-state index contributed by atoms with van der Waals surface area (Å²) in [5.74, 6) is 0.592. The van der Waals surface area contributed by atoms with Crippen LogP contribution in [-0.4, -0.2) is 26.4 Å². The maximum Gasteiger partial charge on any atom is 0.137 e. The average Bonchev–Trinajstić information content (AvgIpc) is 2.58. The van der Waals surface area contributed by atoms with Gasteiger partial charge in [0, 0.05) is 0 Å². The normalized spacial score (nSPS) is 10.1. The van der Waals surface area contributed by atoms with Gasteiger partial charge in [0.1, 0.15) is 18.4 Å². The Morgan fingerprint density at radius 1 is 0.773 bits per heavy atom. The highest BCUT2D eigenvalue weighted by Crippen LogP contribution is 2.16. The second-order valence-electron chi connectivity index (χ2n) is 4.61. The van der Waals surface area contributed by atoms with Gasteiger partial charge in [0.25, 0.3) is 0 Å². The number of ether oxygens (including phenoxy) is 3. The van der Waals surface area contributed by atoms with E-state index in [2.05, 4.69) is 6.07 Å². The van der Waals surface area contributed by atoms with Gasteiger partial charge in [-0.15, -0.1) is 0 Å². The fourth-order valence-corrected chi connectivity index (χ4v) is 1.88. The molecule has 0 aliphatic carbocycles. The highest BCUT2D eigenvalue weighted by molar-refractivity contribution is 5.42. The zero-order valence-corrected chi connectivity index (χ0v) is 12.4. The van der Waals surface area contributed by atoms with E-state index in [9.17, 15) is 0 Å². The zero-order chi connectivity index (χ0) is 15.5. The molecule has 0 saturated carbocycles. The van der Waals surface area contributed by atoms with Crippen LogP contribution in [0.1, 0.15) is 11.1 Å². The van der Waals surface area contributed by atoms with Gasteiger partial charge in [-0.25, -0.2) is 0 Å². The predicted molar refractivity (Wildman–Crippen MR) is 83.6 cm³/mol. The number of benzene rings is 2. The number of hydrogen-bond donors (Lipinski definition) is 0. The van der Waals surface area contributed by atoms with Crippen molar-refractivity contribution >= 4 is 0 Å². The van der Waals surface area contributed by atoms with Crippen LogP contribution in [0.5, 0.6) is 5.75 Å². The molecule has 0 fully saturated rings. The summed E-state index contributed by atoms with van der Waals surface area (Å²) in [4.78, 5) is 0. The van der Waals surface area contributed by atoms with E-state index in [1.54, 1.807) is 12.1 Å². The van der Waals surface area contributed by atoms with Crippen LogP contribution in [0, 0.1) is 11.3 Å². The van der Waals surface area contributed by atoms with Crippen LogP contribution >= 0.6 is 0 Å². The lowest BCUT2D eigenvalue weighted by atomic mass is 10.2. The maximum atomic E-state index is 8.93. The summed E-state index contributed by atoms with van der Waals surface area (Å²) in [5, 5.41) is 8.93. The standard InChI is InChI=1S/C18H19NO3/c19-14-17-8-4-5-9-18(17)22-13-12-20-10-11-21-15-16-6-2-1-3-7-16/h1-9H,10-13,15H2. The molecule has 0 amide bonds. The smallest absolute Gasteiger partial charge is 0.137 e. The predicted octanol–water partition coefficient (Wildman–Crippen LogP) is 3.17. The molecule has 0 heterocycles. The van der Waals surface area contributed by atoms with Gasteiger partial charge in [-0.1, -0.05) is 42.5 Å². The van der Waals surface area contributed by atoms with Crippen molar-refractivity contribution in [3.05, 3.63) is 65.7 Å². The quantitative estimate of drug-likeness (QED) is 0.667. The first-order valence-corrected chi connectivity index (χ1v) is 7.21. The lowest BCUT2D eigenvalue weighted by Gasteiger charge is -2.08. The van der Waals surface area contributed by atoms with Crippen molar-refractivity contribution < 1.29 is 14.2 Å². The minimum Gasteiger partial charge on any atom is -0.490 e. The van der Waals surface area contributed by atoms with Crippen LogP contribution in [0.4, 0.5) is 0 Å². The van der Waals surface area contributed by atoms with Crippen LogP contribution in [0.25, 0.3) is 0 Å². The highest BCUT2D eigenvalue weighted by Gasteiger charge is 2.00. The molecule has 0 unspecified atom stereocenters. The van der Waals surface area contributed by atoms with Crippen molar-refractivity contribution in [2.45, 2.75) is 6.61 Å². The van der Waals surface area contributed by atoms with Crippen molar-refractivity contribution in [1.82, 2.24) is 0 Å². The summed E-state index contributed by atoms with van der Waals surface area (Å²) in [6, 6.07) is 19.3. The Kier molecular flexibility index (Phi) is 6.97. The largest absolute Gasteiger partial charge is 0.490 e. The molecule has 2 rings (SSSR count). The number of rotatable bonds is 9. The average molecular weight is 297 g/mol. The molecule has 0 aliphatic heterocycles. The molecular formula is C18H19NO3. The summed E-state index contributed by atoms with van der Waals surface area (Å²) in [7, 11) is 0. The Labute approximate surface area is 130 Å². The minimum atomic E-state index is 0.414. The lowest BCUT2D eigenvalue weighted by molar-refractivity contribution is 0.0303. The van der Waals surface area contributed by atoms with Gasteiger partial charge in [0.15, 0.2) is 0 Å². The Morgan fingerprint density at radius 3 is 2.27 bits per heavy atom. The minimum absolute atomic E-state index is 0.414. The molecule has 0 saturated heterocycles. The van der Waals surface area contributed by atoms with Crippen molar-refractivity contribution in [2.75, 3.05) is 26.4 Å². The topological polar surface area (TPSA) is 51.5 Å². The van der Waals surface area contributed by atoms with E-state index in [0.717, 1.165) is 5.56 Å². The highest BCUT2D eigenvalue weighted by atomic mass is 16.5. The zero-order valence-electron chi connectivity index (χ0n) is 12.4. The molecule has 0 N–H and O–H groups in total. The van der Waals surface area contributed by atoms with Crippen LogP contribution in [0.15, 0.2) is 54.6 Å². The van der Waals surface area contributed by atoms with Gasteiger partial charge in [0.2, 0.25) is 0 Å². The first-order valence-electron chi connectivity index (χ1n) is 7.21. The van der Waals surface area contributed by atoms with Gasteiger partial charge in [-0.05, 0) is 17.7 Å². The van der Waals surface area contributed by atoms with E-state index in [-0.39, 0.29) is 0 Å². The van der Waals surface area contributed by atoms with E-state index in [4.69, 9.17) is 19.5 Å². The number of nitriles is 1. The SMILES string of the molecule is N#Cc1ccccc1OCCOCCOCc1ccccc1. The Morgan fingerprint density at radius 2 is 1.45 bits per heavy atom. The molecule has 4 nitrogen and oxygen atoms in total. The van der Waals surface area contributed by atoms with E-state index < -0.39 is 0 Å². The van der Waals surface area contributed by atoms with Crippen molar-refractivity contribution in [3.8, 4) is 11.8 Å². The maximum absolute atomic E-state index is 8.93. The molecule has 0 radical (unpaired) electrons. The Balaban J connectivity index is 1.52. The number of para-hydroxylation sites is 1. The molecular weight excluding hydrogens is 278 g/mol. The van der Waals surface area contributed by atoms with E-state index in [1.165, 1.54) is 0 Å². The summed E-state index contributed by atoms with van der Waals surface area (Å²) < 4.78 is 16.5. The van der Waals surface area contributed by atoms with E-state index >= 15 is 0 Å². The lowest BCUT2D eigenvalue weighted by Crippen LogP contribution is -2.11. The van der Waals surface area contributed by atoms with Crippen molar-refractivity contribution in [3.63, 3.8) is 0 Å². The fourth-order valence-electron chi connectivity index (χ4n) is 1.88. The fraction of sp³-hybridized carbons (Fsp3) is 0.278. The number of hydrogen-bond acceptors (Lipinski definition) is 4. The summed E-state index contributed by atoms with van der Waals surface area (Å²) in [6.45, 7) is 2.54. The molecule has 114 valence electrons. The molecule has 0 spiro atoms. The first-order chi connectivity index (χ1) is 10.9. The second-order valence-corrected chi connectivity index (χ2v) is 4.61. The van der Waals surface area contributed by atoms with Crippen LogP contribution in [0.3, 0.4) is 0 Å². The first kappa shape index (κ1) is 16.0. The van der Waals surface area contributed by atoms with E-state index in [0.29, 0.717) is 44.3 Å². The van der Waals surface area contributed by atoms with Crippen molar-refractivity contribution in [1.29, 1.82) is 5.26 Å². The van der Waals surface area contributed by atoms with Crippen LogP contribution in [-0.2, 0) is 16.1 Å². The monoisotopic (exact) mass is 297 g/mol. The molecule has 22 heavy (non-hydrogen) atoms. The van der Waals surface area contributed by atoms with Gasteiger partial charge in [0.05, 0.1) is 32.0 Å². The third kappa shape index (κ3) is 5.57. The Bertz CT molecular complexity index is 593. The summed E-state index contributed by atoms with van der Waals surface area (Å²) in [5.41, 5.74) is 1.69. The van der Waals surface area contributed by atoms with Gasteiger partial charge in [-0.3, -0.25) is 0 Å². The molecule has 0 atom stereocenters. The molecule has 2 aromatic carbocycles. The second kappa shape index (κ2) is 9.56. The summed E-state index contributed by atoms with van der Waals surface area (Å²) >= 11 is 0. The van der Waals surface area contributed by atoms with Gasteiger partial charge < -0.3 is 14.2 Å². The Hall–Kier alpha value is -2.35. The third-order valence-electron chi connectivity index (χ3n) is 2.98. The molecule has 0 aliphatic rings. The molecule has 4 heteroatoms. The van der Waals surface area contributed by atoms with Crippen molar-refractivity contribution in [2.24, 2.45) is 0 Å². The van der Waals surface area contributed by atoms with Gasteiger partial charge >= 0.3 is 0 Å². The van der Waals surface area contributed by atoms with Gasteiger partial charge in [-0.2, -0.15) is 5.26 Å². The molecule has 2 aromatic rings.